The van der Waals surface area contributed by atoms with Crippen LogP contribution >= 0.6 is 0 Å². The second kappa shape index (κ2) is 6.37. The van der Waals surface area contributed by atoms with Crippen LogP contribution < -0.4 is 5.32 Å². The van der Waals surface area contributed by atoms with Crippen molar-refractivity contribution in [1.82, 2.24) is 9.88 Å². The molecular formula is C13H19N3O2. The van der Waals surface area contributed by atoms with E-state index in [0.717, 1.165) is 43.0 Å². The van der Waals surface area contributed by atoms with Crippen LogP contribution in [0.25, 0.3) is 11.0 Å². The highest BCUT2D eigenvalue weighted by molar-refractivity contribution is 5.87. The monoisotopic (exact) mass is 249 g/mol. The summed E-state index contributed by atoms with van der Waals surface area (Å²) in [4.78, 5) is 6.54. The third-order valence-corrected chi connectivity index (χ3v) is 2.84. The van der Waals surface area contributed by atoms with Gasteiger partial charge in [-0.3, -0.25) is 0 Å². The van der Waals surface area contributed by atoms with E-state index in [1.807, 2.05) is 12.1 Å². The van der Waals surface area contributed by atoms with E-state index in [2.05, 4.69) is 22.2 Å². The first-order valence-corrected chi connectivity index (χ1v) is 6.05. The van der Waals surface area contributed by atoms with Crippen molar-refractivity contribution in [1.29, 1.82) is 0 Å². The first kappa shape index (κ1) is 12.9. The Hall–Kier alpha value is -1.59. The third kappa shape index (κ3) is 3.21. The summed E-state index contributed by atoms with van der Waals surface area (Å²) in [6.45, 7) is 3.48. The number of pyridine rings is 1. The maximum Gasteiger partial charge on any atom is 0.139 e. The van der Waals surface area contributed by atoms with E-state index < -0.39 is 0 Å². The lowest BCUT2D eigenvalue weighted by Gasteiger charge is -2.16. The Labute approximate surface area is 107 Å². The van der Waals surface area contributed by atoms with E-state index in [1.54, 1.807) is 19.6 Å². The van der Waals surface area contributed by atoms with Crippen LogP contribution in [0.15, 0.2) is 29.0 Å². The fourth-order valence-electron chi connectivity index (χ4n) is 1.76. The van der Waals surface area contributed by atoms with Crippen LogP contribution in [0.2, 0.25) is 0 Å². The van der Waals surface area contributed by atoms with Gasteiger partial charge in [-0.1, -0.05) is 0 Å². The number of hydrogen-bond acceptors (Lipinski definition) is 5. The average molecular weight is 249 g/mol. The van der Waals surface area contributed by atoms with E-state index in [1.165, 1.54) is 0 Å². The van der Waals surface area contributed by atoms with E-state index in [-0.39, 0.29) is 0 Å². The number of aromatic nitrogens is 1. The Balaban J connectivity index is 1.85. The molecule has 2 aromatic rings. The van der Waals surface area contributed by atoms with E-state index in [0.29, 0.717) is 0 Å². The lowest BCUT2D eigenvalue weighted by molar-refractivity contribution is 0.163. The molecule has 0 atom stereocenters. The minimum absolute atomic E-state index is 0.756. The summed E-state index contributed by atoms with van der Waals surface area (Å²) in [5.74, 6) is 0.876. The van der Waals surface area contributed by atoms with E-state index in [4.69, 9.17) is 9.15 Å². The highest BCUT2D eigenvalue weighted by Crippen LogP contribution is 2.21. The molecule has 18 heavy (non-hydrogen) atoms. The Kier molecular flexibility index (Phi) is 4.55. The molecule has 0 aliphatic carbocycles. The van der Waals surface area contributed by atoms with Gasteiger partial charge in [0.1, 0.15) is 11.4 Å². The topological polar surface area (TPSA) is 50.5 Å². The fraction of sp³-hybridized carbons (Fsp3) is 0.462. The van der Waals surface area contributed by atoms with Gasteiger partial charge in [0, 0.05) is 32.9 Å². The van der Waals surface area contributed by atoms with Gasteiger partial charge >= 0.3 is 0 Å². The Morgan fingerprint density at radius 3 is 3.11 bits per heavy atom. The molecule has 0 unspecified atom stereocenters. The van der Waals surface area contributed by atoms with Crippen molar-refractivity contribution in [3.05, 3.63) is 24.6 Å². The van der Waals surface area contributed by atoms with Crippen LogP contribution in [0.4, 0.5) is 5.82 Å². The lowest BCUT2D eigenvalue weighted by Crippen LogP contribution is -2.28. The molecule has 0 aliphatic rings. The number of rotatable bonds is 7. The number of fused-ring (bicyclic) bond motifs is 1. The SMILES string of the molecule is COCCN(C)CCNc1nccc2occc12. The maximum absolute atomic E-state index is 5.33. The summed E-state index contributed by atoms with van der Waals surface area (Å²) in [6, 6.07) is 3.80. The molecule has 1 N–H and O–H groups in total. The summed E-state index contributed by atoms with van der Waals surface area (Å²) in [7, 11) is 3.79. The van der Waals surface area contributed by atoms with Gasteiger partial charge < -0.3 is 19.4 Å². The van der Waals surface area contributed by atoms with Crippen molar-refractivity contribution in [2.24, 2.45) is 0 Å². The van der Waals surface area contributed by atoms with Gasteiger partial charge in [0.2, 0.25) is 0 Å². The van der Waals surface area contributed by atoms with Crippen LogP contribution in [0.5, 0.6) is 0 Å². The highest BCUT2D eigenvalue weighted by Gasteiger charge is 2.04. The van der Waals surface area contributed by atoms with Crippen LogP contribution in [-0.4, -0.2) is 50.3 Å². The molecule has 0 saturated carbocycles. The number of furan rings is 1. The van der Waals surface area contributed by atoms with Gasteiger partial charge in [0.05, 0.1) is 18.3 Å². The molecule has 2 rings (SSSR count). The fourth-order valence-corrected chi connectivity index (χ4v) is 1.76. The van der Waals surface area contributed by atoms with Gasteiger partial charge in [0.25, 0.3) is 0 Å². The number of anilines is 1. The van der Waals surface area contributed by atoms with Crippen molar-refractivity contribution in [2.45, 2.75) is 0 Å². The molecule has 0 radical (unpaired) electrons. The zero-order chi connectivity index (χ0) is 12.8. The van der Waals surface area contributed by atoms with Crippen molar-refractivity contribution in [3.63, 3.8) is 0 Å². The molecule has 0 saturated heterocycles. The minimum atomic E-state index is 0.756. The van der Waals surface area contributed by atoms with Gasteiger partial charge in [-0.25, -0.2) is 4.98 Å². The molecule has 0 spiro atoms. The van der Waals surface area contributed by atoms with Crippen LogP contribution in [0.3, 0.4) is 0 Å². The quantitative estimate of drug-likeness (QED) is 0.811. The van der Waals surface area contributed by atoms with Gasteiger partial charge in [-0.05, 0) is 19.2 Å². The number of likely N-dealkylation sites (N-methyl/N-ethyl adjacent to an activating group) is 1. The molecule has 0 aliphatic heterocycles. The average Bonchev–Trinajstić information content (AvgIpc) is 2.85. The summed E-state index contributed by atoms with van der Waals surface area (Å²) in [5.41, 5.74) is 0.861. The molecule has 0 aromatic carbocycles. The largest absolute Gasteiger partial charge is 0.464 e. The maximum atomic E-state index is 5.33. The zero-order valence-electron chi connectivity index (χ0n) is 10.8. The number of nitrogens with one attached hydrogen (secondary N) is 1. The summed E-state index contributed by atoms with van der Waals surface area (Å²) in [5, 5.41) is 4.35. The number of methoxy groups -OCH3 is 1. The molecule has 2 aromatic heterocycles. The predicted molar refractivity (Wildman–Crippen MR) is 71.9 cm³/mol. The minimum Gasteiger partial charge on any atom is -0.464 e. The predicted octanol–water partition coefficient (Wildman–Crippen LogP) is 1.82. The number of hydrogen-bond donors (Lipinski definition) is 1. The van der Waals surface area contributed by atoms with Crippen LogP contribution in [0, 0.1) is 0 Å². The summed E-state index contributed by atoms with van der Waals surface area (Å²) < 4.78 is 10.4. The second-order valence-corrected chi connectivity index (χ2v) is 4.21. The van der Waals surface area contributed by atoms with E-state index in [9.17, 15) is 0 Å². The van der Waals surface area contributed by atoms with E-state index >= 15 is 0 Å². The Morgan fingerprint density at radius 1 is 1.39 bits per heavy atom. The normalized spacial score (nSPS) is 11.3. The molecule has 2 heterocycles. The second-order valence-electron chi connectivity index (χ2n) is 4.21. The van der Waals surface area contributed by atoms with Crippen LogP contribution in [0.1, 0.15) is 0 Å². The van der Waals surface area contributed by atoms with Crippen molar-refractivity contribution < 1.29 is 9.15 Å². The smallest absolute Gasteiger partial charge is 0.139 e. The highest BCUT2D eigenvalue weighted by atomic mass is 16.5. The first-order chi connectivity index (χ1) is 8.81. The molecule has 0 bridgehead atoms. The molecule has 5 heteroatoms. The van der Waals surface area contributed by atoms with Crippen molar-refractivity contribution in [3.8, 4) is 0 Å². The molecule has 0 amide bonds. The summed E-state index contributed by atoms with van der Waals surface area (Å²) >= 11 is 0. The molecular weight excluding hydrogens is 230 g/mol. The number of nitrogens with zero attached hydrogens (tertiary/aromatic N) is 2. The summed E-state index contributed by atoms with van der Waals surface area (Å²) in [6.07, 6.45) is 3.44. The van der Waals surface area contributed by atoms with Crippen molar-refractivity contribution >= 4 is 16.8 Å². The van der Waals surface area contributed by atoms with Crippen molar-refractivity contribution in [2.75, 3.05) is 45.7 Å². The molecule has 5 nitrogen and oxygen atoms in total. The Morgan fingerprint density at radius 2 is 2.28 bits per heavy atom. The van der Waals surface area contributed by atoms with Crippen LogP contribution in [-0.2, 0) is 4.74 Å². The van der Waals surface area contributed by atoms with Gasteiger partial charge in [-0.15, -0.1) is 0 Å². The van der Waals surface area contributed by atoms with Gasteiger partial charge in [-0.2, -0.15) is 0 Å². The number of ether oxygens (including phenoxy) is 1. The van der Waals surface area contributed by atoms with Gasteiger partial charge in [0.15, 0.2) is 0 Å². The zero-order valence-corrected chi connectivity index (χ0v) is 10.8. The standard InChI is InChI=1S/C13H19N3O2/c1-16(8-10-17-2)7-6-15-13-11-4-9-18-12(11)3-5-14-13/h3-5,9H,6-8,10H2,1-2H3,(H,14,15). The lowest BCUT2D eigenvalue weighted by atomic mass is 10.3. The molecule has 0 fully saturated rings. The Bertz CT molecular complexity index is 484. The molecule has 98 valence electrons. The third-order valence-electron chi connectivity index (χ3n) is 2.84. The first-order valence-electron chi connectivity index (χ1n) is 6.05.